The summed E-state index contributed by atoms with van der Waals surface area (Å²) in [4.78, 5) is 4.88. The average molecular weight is 386 g/mol. The molecule has 0 bridgehead atoms. The van der Waals surface area contributed by atoms with E-state index < -0.39 is 0 Å². The molecule has 1 fully saturated rings. The monoisotopic (exact) mass is 385 g/mol. The van der Waals surface area contributed by atoms with Crippen molar-refractivity contribution in [2.75, 3.05) is 25.0 Å². The van der Waals surface area contributed by atoms with Gasteiger partial charge in [0.05, 0.1) is 6.67 Å². The van der Waals surface area contributed by atoms with Gasteiger partial charge in [0.15, 0.2) is 4.77 Å². The Morgan fingerprint density at radius 2 is 1.74 bits per heavy atom. The van der Waals surface area contributed by atoms with Crippen LogP contribution in [-0.4, -0.2) is 39.4 Å². The van der Waals surface area contributed by atoms with Crippen molar-refractivity contribution < 1.29 is 0 Å². The highest BCUT2D eigenvalue weighted by molar-refractivity contribution is 7.71. The van der Waals surface area contributed by atoms with Crippen LogP contribution >= 0.6 is 12.2 Å². The molecule has 146 valence electrons. The second-order valence-corrected chi connectivity index (χ2v) is 8.36. The van der Waals surface area contributed by atoms with E-state index in [0.29, 0.717) is 0 Å². The van der Waals surface area contributed by atoms with Crippen molar-refractivity contribution in [3.05, 3.63) is 40.4 Å². The van der Waals surface area contributed by atoms with Crippen molar-refractivity contribution in [3.8, 4) is 0 Å². The first-order valence-electron chi connectivity index (χ1n) is 10.4. The Kier molecular flexibility index (Phi) is 5.93. The molecular formula is C21H31N5S. The van der Waals surface area contributed by atoms with Crippen molar-refractivity contribution in [1.29, 1.82) is 0 Å². The minimum absolute atomic E-state index is 0.743. The van der Waals surface area contributed by atoms with Gasteiger partial charge in [0.2, 0.25) is 0 Å². The molecule has 1 saturated heterocycles. The molecule has 4 rings (SSSR count). The van der Waals surface area contributed by atoms with E-state index >= 15 is 0 Å². The number of fused-ring (bicyclic) bond motifs is 1. The van der Waals surface area contributed by atoms with E-state index in [2.05, 4.69) is 45.7 Å². The van der Waals surface area contributed by atoms with Gasteiger partial charge in [-0.25, -0.2) is 4.68 Å². The van der Waals surface area contributed by atoms with Gasteiger partial charge in [-0.1, -0.05) is 24.6 Å². The molecular weight excluding hydrogens is 354 g/mol. The number of piperidine rings is 1. The van der Waals surface area contributed by atoms with E-state index in [1.165, 1.54) is 68.7 Å². The molecule has 3 heterocycles. The Bertz CT molecular complexity index is 818. The summed E-state index contributed by atoms with van der Waals surface area (Å²) in [6, 6.07) is 8.86. The molecule has 27 heavy (non-hydrogen) atoms. The Labute approximate surface area is 167 Å². The number of hydrogen-bond donors (Lipinski definition) is 0. The summed E-state index contributed by atoms with van der Waals surface area (Å²) in [5.41, 5.74) is 2.79. The highest BCUT2D eigenvalue weighted by atomic mass is 32.1. The third-order valence-corrected chi connectivity index (χ3v) is 6.22. The van der Waals surface area contributed by atoms with Gasteiger partial charge in [-0.3, -0.25) is 4.90 Å². The molecule has 2 aliphatic heterocycles. The van der Waals surface area contributed by atoms with Crippen molar-refractivity contribution in [1.82, 2.24) is 19.2 Å². The number of nitrogens with zero attached hydrogens (tertiary/aromatic N) is 5. The fourth-order valence-corrected chi connectivity index (χ4v) is 4.67. The summed E-state index contributed by atoms with van der Waals surface area (Å²) in [7, 11) is 2.17. The maximum Gasteiger partial charge on any atom is 0.199 e. The van der Waals surface area contributed by atoms with Gasteiger partial charge in [-0.05, 0) is 63.0 Å². The van der Waals surface area contributed by atoms with Gasteiger partial charge in [0.1, 0.15) is 5.82 Å². The Morgan fingerprint density at radius 1 is 1.00 bits per heavy atom. The second-order valence-electron chi connectivity index (χ2n) is 7.99. The van der Waals surface area contributed by atoms with Crippen LogP contribution < -0.4 is 4.90 Å². The van der Waals surface area contributed by atoms with Crippen LogP contribution in [0.3, 0.4) is 0 Å². The molecule has 6 heteroatoms. The summed E-state index contributed by atoms with van der Waals surface area (Å²) < 4.78 is 5.14. The standard InChI is InChI=1S/C21H31N5S/c1-23(17-26-21(27)25-15-9-2-4-12-20(25)22-26)16-18-10-5-6-11-19(18)24-13-7-3-8-14-24/h5-6,10-11H,2-4,7-9,12-17H2,1H3. The second kappa shape index (κ2) is 8.57. The molecule has 0 unspecified atom stereocenters. The Morgan fingerprint density at radius 3 is 2.59 bits per heavy atom. The molecule has 0 N–H and O–H groups in total. The predicted octanol–water partition coefficient (Wildman–Crippen LogP) is 4.22. The van der Waals surface area contributed by atoms with Crippen LogP contribution in [0.25, 0.3) is 0 Å². The molecule has 0 atom stereocenters. The third kappa shape index (κ3) is 4.27. The van der Waals surface area contributed by atoms with Crippen LogP contribution in [0.15, 0.2) is 24.3 Å². The zero-order chi connectivity index (χ0) is 18.6. The quantitative estimate of drug-likeness (QED) is 0.721. The van der Waals surface area contributed by atoms with E-state index in [0.717, 1.165) is 31.0 Å². The lowest BCUT2D eigenvalue weighted by Gasteiger charge is -2.31. The first-order chi connectivity index (χ1) is 13.2. The minimum atomic E-state index is 0.743. The third-order valence-electron chi connectivity index (χ3n) is 5.79. The highest BCUT2D eigenvalue weighted by Crippen LogP contribution is 2.25. The molecule has 0 amide bonds. The number of para-hydroxylation sites is 1. The zero-order valence-electron chi connectivity index (χ0n) is 16.4. The van der Waals surface area contributed by atoms with Gasteiger partial charge < -0.3 is 9.47 Å². The number of benzene rings is 1. The summed E-state index contributed by atoms with van der Waals surface area (Å²) >= 11 is 5.71. The lowest BCUT2D eigenvalue weighted by Crippen LogP contribution is -2.31. The molecule has 5 nitrogen and oxygen atoms in total. The molecule has 1 aromatic carbocycles. The number of aryl methyl sites for hydroxylation is 1. The molecule has 0 saturated carbocycles. The number of hydrogen-bond acceptors (Lipinski definition) is 4. The molecule has 0 aliphatic carbocycles. The van der Waals surface area contributed by atoms with Crippen molar-refractivity contribution in [3.63, 3.8) is 0 Å². The number of anilines is 1. The first kappa shape index (κ1) is 18.7. The summed E-state index contributed by atoms with van der Waals surface area (Å²) in [6.45, 7) is 5.04. The largest absolute Gasteiger partial charge is 0.371 e. The van der Waals surface area contributed by atoms with Crippen LogP contribution in [-0.2, 0) is 26.2 Å². The van der Waals surface area contributed by atoms with Crippen molar-refractivity contribution in [2.45, 2.75) is 64.7 Å². The predicted molar refractivity (Wildman–Crippen MR) is 113 cm³/mol. The topological polar surface area (TPSA) is 29.2 Å². The summed E-state index contributed by atoms with van der Waals surface area (Å²) in [5, 5.41) is 4.83. The van der Waals surface area contributed by atoms with Gasteiger partial charge >= 0.3 is 0 Å². The van der Waals surface area contributed by atoms with Crippen LogP contribution in [0.2, 0.25) is 0 Å². The maximum atomic E-state index is 5.71. The summed E-state index contributed by atoms with van der Waals surface area (Å²) in [6.07, 6.45) is 8.75. The smallest absolute Gasteiger partial charge is 0.199 e. The Hall–Kier alpha value is -1.66. The van der Waals surface area contributed by atoms with Gasteiger partial charge in [-0.2, -0.15) is 5.10 Å². The number of aromatic nitrogens is 3. The Balaban J connectivity index is 1.47. The van der Waals surface area contributed by atoms with Crippen LogP contribution in [0.4, 0.5) is 5.69 Å². The molecule has 1 aromatic heterocycles. The van der Waals surface area contributed by atoms with E-state index in [1.807, 2.05) is 4.68 Å². The maximum absolute atomic E-state index is 5.71. The molecule has 0 radical (unpaired) electrons. The van der Waals surface area contributed by atoms with Crippen LogP contribution in [0.5, 0.6) is 0 Å². The highest BCUT2D eigenvalue weighted by Gasteiger charge is 2.17. The van der Waals surface area contributed by atoms with E-state index in [-0.39, 0.29) is 0 Å². The van der Waals surface area contributed by atoms with E-state index in [1.54, 1.807) is 0 Å². The fraction of sp³-hybridized carbons (Fsp3) is 0.619. The minimum Gasteiger partial charge on any atom is -0.371 e. The SMILES string of the molecule is CN(Cc1ccccc1N1CCCCC1)Cn1nc2n(c1=S)CCCCC2. The van der Waals surface area contributed by atoms with Crippen molar-refractivity contribution in [2.24, 2.45) is 0 Å². The van der Waals surface area contributed by atoms with Crippen LogP contribution in [0.1, 0.15) is 49.9 Å². The molecule has 2 aromatic rings. The van der Waals surface area contributed by atoms with E-state index in [4.69, 9.17) is 17.3 Å². The number of rotatable bonds is 5. The lowest BCUT2D eigenvalue weighted by atomic mass is 10.1. The fourth-order valence-electron chi connectivity index (χ4n) is 4.37. The molecule has 0 spiro atoms. The normalized spacial score (nSPS) is 17.8. The van der Waals surface area contributed by atoms with Crippen molar-refractivity contribution >= 4 is 17.9 Å². The lowest BCUT2D eigenvalue weighted by molar-refractivity contribution is 0.243. The molecule has 2 aliphatic rings. The van der Waals surface area contributed by atoms with Gasteiger partial charge in [0, 0.05) is 38.3 Å². The van der Waals surface area contributed by atoms with Gasteiger partial charge in [-0.15, -0.1) is 0 Å². The summed E-state index contributed by atoms with van der Waals surface area (Å²) in [5.74, 6) is 1.17. The zero-order valence-corrected chi connectivity index (χ0v) is 17.3. The average Bonchev–Trinajstić information content (AvgIpc) is 2.86. The van der Waals surface area contributed by atoms with Gasteiger partial charge in [0.25, 0.3) is 0 Å². The van der Waals surface area contributed by atoms with Crippen LogP contribution in [0, 0.1) is 4.77 Å². The first-order valence-corrected chi connectivity index (χ1v) is 10.8. The van der Waals surface area contributed by atoms with E-state index in [9.17, 15) is 0 Å².